The monoisotopic (exact) mass is 376 g/mol. The van der Waals surface area contributed by atoms with Crippen molar-refractivity contribution in [1.82, 2.24) is 5.32 Å². The molecule has 4 nitrogen and oxygen atoms in total. The van der Waals surface area contributed by atoms with E-state index in [0.717, 1.165) is 36.5 Å². The largest absolute Gasteiger partial charge is 0.489 e. The molecule has 2 atom stereocenters. The van der Waals surface area contributed by atoms with Crippen molar-refractivity contribution in [3.05, 3.63) is 58.9 Å². The Labute approximate surface area is 157 Å². The molecule has 6 heteroatoms. The molecular weight excluding hydrogens is 355 g/mol. The minimum atomic E-state index is -0.406. The summed E-state index contributed by atoms with van der Waals surface area (Å²) in [5.41, 5.74) is 1.93. The van der Waals surface area contributed by atoms with E-state index < -0.39 is 5.82 Å². The Bertz CT molecular complexity index is 782. The second-order valence-electron chi connectivity index (χ2n) is 6.56. The molecule has 1 unspecified atom stereocenters. The lowest BCUT2D eigenvalue weighted by atomic mass is 10.1. The van der Waals surface area contributed by atoms with Crippen molar-refractivity contribution in [1.29, 1.82) is 0 Å². The van der Waals surface area contributed by atoms with Crippen LogP contribution < -0.4 is 15.0 Å². The van der Waals surface area contributed by atoms with Crippen molar-refractivity contribution < 1.29 is 13.9 Å². The third-order valence-electron chi connectivity index (χ3n) is 4.52. The average Bonchev–Trinajstić information content (AvgIpc) is 3.06. The standard InChI is InChI=1S/C20H22ClFN2O2/c1-13(23-14(2)25)15-3-6-17(7-4-15)26-18-9-10-24(12-18)16-5-8-20(22)19(21)11-16/h3-8,11,13,18H,9-10,12H2,1-2H3,(H,23,25)/t13-,18?/m0/s1. The van der Waals surface area contributed by atoms with Gasteiger partial charge in [-0.05, 0) is 42.8 Å². The number of amides is 1. The number of hydrogen-bond donors (Lipinski definition) is 1. The molecule has 3 rings (SSSR count). The minimum absolute atomic E-state index is 0.0354. The van der Waals surface area contributed by atoms with Crippen LogP contribution in [0.5, 0.6) is 5.75 Å². The summed E-state index contributed by atoms with van der Waals surface area (Å²) in [6.07, 6.45) is 0.955. The molecule has 0 radical (unpaired) electrons. The van der Waals surface area contributed by atoms with Crippen LogP contribution >= 0.6 is 11.6 Å². The summed E-state index contributed by atoms with van der Waals surface area (Å²) in [6.45, 7) is 5.02. The SMILES string of the molecule is CC(=O)N[C@@H](C)c1ccc(OC2CCN(c3ccc(F)c(Cl)c3)C2)cc1. The zero-order chi connectivity index (χ0) is 18.7. The Morgan fingerprint density at radius 3 is 2.69 bits per heavy atom. The molecule has 1 amide bonds. The van der Waals surface area contributed by atoms with Gasteiger partial charge >= 0.3 is 0 Å². The molecule has 0 spiro atoms. The summed E-state index contributed by atoms with van der Waals surface area (Å²) in [7, 11) is 0. The predicted octanol–water partition coefficient (Wildman–Crippen LogP) is 4.33. The first-order valence-electron chi connectivity index (χ1n) is 8.66. The Morgan fingerprint density at radius 1 is 1.31 bits per heavy atom. The van der Waals surface area contributed by atoms with Crippen molar-refractivity contribution in [2.24, 2.45) is 0 Å². The van der Waals surface area contributed by atoms with Gasteiger partial charge in [0, 0.05) is 25.6 Å². The summed E-state index contributed by atoms with van der Waals surface area (Å²) in [6, 6.07) is 12.5. The fourth-order valence-corrected chi connectivity index (χ4v) is 3.33. The topological polar surface area (TPSA) is 41.6 Å². The molecule has 2 aromatic carbocycles. The van der Waals surface area contributed by atoms with E-state index in [0.29, 0.717) is 0 Å². The van der Waals surface area contributed by atoms with Gasteiger partial charge in [-0.2, -0.15) is 0 Å². The zero-order valence-electron chi connectivity index (χ0n) is 14.8. The Balaban J connectivity index is 1.58. The van der Waals surface area contributed by atoms with Gasteiger partial charge in [0.2, 0.25) is 5.91 Å². The molecule has 1 aliphatic rings. The number of anilines is 1. The number of nitrogens with zero attached hydrogens (tertiary/aromatic N) is 1. The molecule has 1 fully saturated rings. The maximum absolute atomic E-state index is 13.3. The number of carbonyl (C=O) groups is 1. The second kappa shape index (κ2) is 7.96. The first-order chi connectivity index (χ1) is 12.4. The van der Waals surface area contributed by atoms with Crippen LogP contribution in [0.3, 0.4) is 0 Å². The van der Waals surface area contributed by atoms with Gasteiger partial charge in [-0.3, -0.25) is 4.79 Å². The molecule has 26 heavy (non-hydrogen) atoms. The van der Waals surface area contributed by atoms with Gasteiger partial charge in [-0.1, -0.05) is 23.7 Å². The highest BCUT2D eigenvalue weighted by atomic mass is 35.5. The summed E-state index contributed by atoms with van der Waals surface area (Å²) in [4.78, 5) is 13.3. The van der Waals surface area contributed by atoms with Crippen LogP contribution in [0.2, 0.25) is 5.02 Å². The highest BCUT2D eigenvalue weighted by molar-refractivity contribution is 6.31. The molecule has 138 valence electrons. The lowest BCUT2D eigenvalue weighted by Crippen LogP contribution is -2.24. The molecule has 1 aliphatic heterocycles. The smallest absolute Gasteiger partial charge is 0.217 e. The molecule has 0 saturated carbocycles. The van der Waals surface area contributed by atoms with E-state index in [1.54, 1.807) is 12.1 Å². The van der Waals surface area contributed by atoms with Crippen molar-refractivity contribution in [2.45, 2.75) is 32.4 Å². The third-order valence-corrected chi connectivity index (χ3v) is 4.81. The number of ether oxygens (including phenoxy) is 1. The number of carbonyl (C=O) groups excluding carboxylic acids is 1. The molecule has 1 heterocycles. The van der Waals surface area contributed by atoms with E-state index in [1.165, 1.54) is 13.0 Å². The second-order valence-corrected chi connectivity index (χ2v) is 6.97. The zero-order valence-corrected chi connectivity index (χ0v) is 15.6. The molecular formula is C20H22ClFN2O2. The molecule has 0 aromatic heterocycles. The van der Waals surface area contributed by atoms with Crippen molar-refractivity contribution in [3.63, 3.8) is 0 Å². The molecule has 1 N–H and O–H groups in total. The summed E-state index contributed by atoms with van der Waals surface area (Å²) in [5, 5.41) is 3.00. The first kappa shape index (κ1) is 18.5. The minimum Gasteiger partial charge on any atom is -0.489 e. The van der Waals surface area contributed by atoms with E-state index in [1.807, 2.05) is 31.2 Å². The van der Waals surface area contributed by atoms with E-state index in [9.17, 15) is 9.18 Å². The number of rotatable bonds is 5. The lowest BCUT2D eigenvalue weighted by Gasteiger charge is -2.20. The molecule has 2 aromatic rings. The average molecular weight is 377 g/mol. The maximum Gasteiger partial charge on any atom is 0.217 e. The Morgan fingerprint density at radius 2 is 2.04 bits per heavy atom. The highest BCUT2D eigenvalue weighted by Gasteiger charge is 2.24. The molecule has 0 bridgehead atoms. The van der Waals surface area contributed by atoms with Gasteiger partial charge in [0.05, 0.1) is 17.6 Å². The number of nitrogens with one attached hydrogen (secondary N) is 1. The van der Waals surface area contributed by atoms with Crippen molar-refractivity contribution in [2.75, 3.05) is 18.0 Å². The van der Waals surface area contributed by atoms with Gasteiger partial charge in [0.25, 0.3) is 0 Å². The van der Waals surface area contributed by atoms with Crippen LogP contribution in [0.25, 0.3) is 0 Å². The van der Waals surface area contributed by atoms with Gasteiger partial charge in [-0.15, -0.1) is 0 Å². The van der Waals surface area contributed by atoms with Crippen LogP contribution in [0, 0.1) is 5.82 Å². The number of hydrogen-bond acceptors (Lipinski definition) is 3. The van der Waals surface area contributed by atoms with Gasteiger partial charge in [0.15, 0.2) is 0 Å². The normalized spacial score (nSPS) is 17.8. The Hall–Kier alpha value is -2.27. The summed E-state index contributed by atoms with van der Waals surface area (Å²) >= 11 is 5.87. The highest BCUT2D eigenvalue weighted by Crippen LogP contribution is 2.27. The van der Waals surface area contributed by atoms with Crippen LogP contribution in [-0.4, -0.2) is 25.1 Å². The number of halogens is 2. The summed E-state index contributed by atoms with van der Waals surface area (Å²) < 4.78 is 19.4. The van der Waals surface area contributed by atoms with Gasteiger partial charge in [0.1, 0.15) is 17.7 Å². The third kappa shape index (κ3) is 4.47. The van der Waals surface area contributed by atoms with Crippen LogP contribution in [-0.2, 0) is 4.79 Å². The summed E-state index contributed by atoms with van der Waals surface area (Å²) in [5.74, 6) is 0.341. The Kier molecular flexibility index (Phi) is 5.67. The van der Waals surface area contributed by atoms with E-state index in [2.05, 4.69) is 10.2 Å². The lowest BCUT2D eigenvalue weighted by molar-refractivity contribution is -0.119. The molecule has 1 saturated heterocycles. The first-order valence-corrected chi connectivity index (χ1v) is 9.04. The fourth-order valence-electron chi connectivity index (χ4n) is 3.16. The quantitative estimate of drug-likeness (QED) is 0.844. The van der Waals surface area contributed by atoms with E-state index in [-0.39, 0.29) is 23.1 Å². The van der Waals surface area contributed by atoms with Crippen LogP contribution in [0.15, 0.2) is 42.5 Å². The van der Waals surface area contributed by atoms with Crippen molar-refractivity contribution >= 4 is 23.2 Å². The van der Waals surface area contributed by atoms with Gasteiger partial charge < -0.3 is 15.0 Å². The predicted molar refractivity (Wildman–Crippen MR) is 101 cm³/mol. The number of benzene rings is 2. The maximum atomic E-state index is 13.3. The fraction of sp³-hybridized carbons (Fsp3) is 0.350. The molecule has 0 aliphatic carbocycles. The van der Waals surface area contributed by atoms with E-state index in [4.69, 9.17) is 16.3 Å². The van der Waals surface area contributed by atoms with Crippen molar-refractivity contribution in [3.8, 4) is 5.75 Å². The van der Waals surface area contributed by atoms with Crippen LogP contribution in [0.4, 0.5) is 10.1 Å². The van der Waals surface area contributed by atoms with Gasteiger partial charge in [-0.25, -0.2) is 4.39 Å². The van der Waals surface area contributed by atoms with E-state index >= 15 is 0 Å². The van der Waals surface area contributed by atoms with Crippen LogP contribution in [0.1, 0.15) is 31.9 Å².